The van der Waals surface area contributed by atoms with Crippen LogP contribution in [0.5, 0.6) is 5.75 Å². The summed E-state index contributed by atoms with van der Waals surface area (Å²) in [6.07, 6.45) is 10.6. The summed E-state index contributed by atoms with van der Waals surface area (Å²) in [4.78, 5) is 12.8. The Morgan fingerprint density at radius 2 is 1.88 bits per heavy atom. The van der Waals surface area contributed by atoms with E-state index < -0.39 is 0 Å². The number of carbonyl (C=O) groups is 1. The third kappa shape index (κ3) is 4.74. The van der Waals surface area contributed by atoms with Gasteiger partial charge in [-0.3, -0.25) is 4.79 Å². The van der Waals surface area contributed by atoms with Crippen LogP contribution in [0.1, 0.15) is 63.5 Å². The van der Waals surface area contributed by atoms with E-state index in [-0.39, 0.29) is 11.9 Å². The van der Waals surface area contributed by atoms with E-state index in [1.54, 1.807) is 6.08 Å². The first-order valence-corrected chi connectivity index (χ1v) is 11.8. The van der Waals surface area contributed by atoms with Gasteiger partial charge in [0.1, 0.15) is 11.3 Å². The first kappa shape index (κ1) is 22.2. The first-order valence-electron chi connectivity index (χ1n) is 11.8. The van der Waals surface area contributed by atoms with Gasteiger partial charge in [0.2, 0.25) is 5.91 Å². The van der Waals surface area contributed by atoms with Gasteiger partial charge in [-0.15, -0.1) is 0 Å². The molecule has 168 valence electrons. The van der Waals surface area contributed by atoms with E-state index in [1.165, 1.54) is 25.7 Å². The molecule has 1 saturated carbocycles. The zero-order valence-corrected chi connectivity index (χ0v) is 19.4. The van der Waals surface area contributed by atoms with Gasteiger partial charge in [0.05, 0.1) is 12.9 Å². The van der Waals surface area contributed by atoms with Crippen molar-refractivity contribution in [3.63, 3.8) is 0 Å². The zero-order valence-electron chi connectivity index (χ0n) is 19.4. The molecule has 3 aromatic rings. The second kappa shape index (κ2) is 10.1. The molecule has 0 atom stereocenters. The van der Waals surface area contributed by atoms with E-state index >= 15 is 0 Å². The molecule has 4 nitrogen and oxygen atoms in total. The lowest BCUT2D eigenvalue weighted by molar-refractivity contribution is -0.117. The highest BCUT2D eigenvalue weighted by Gasteiger charge is 2.20. The van der Waals surface area contributed by atoms with Crippen molar-refractivity contribution in [2.45, 2.75) is 65.3 Å². The standard InChI is InChI=1S/C28H33NO3/c1-4-31-27-20(3)28-24(25(18-32-28)21-12-8-7-9-13-21)17-23(27)19(2)16-26(30)29-22-14-10-5-6-11-15-22/h7-9,12-13,16-18,22H,4-6,10-11,14-15H2,1-3H3,(H,29,30)/b19-16+. The molecule has 1 aromatic heterocycles. The van der Waals surface area contributed by atoms with Gasteiger partial charge in [0, 0.05) is 34.2 Å². The molecule has 2 aromatic carbocycles. The lowest BCUT2D eigenvalue weighted by Gasteiger charge is -2.17. The number of ether oxygens (including phenoxy) is 1. The fourth-order valence-corrected chi connectivity index (χ4v) is 4.72. The summed E-state index contributed by atoms with van der Waals surface area (Å²) in [7, 11) is 0. The third-order valence-corrected chi connectivity index (χ3v) is 6.39. The second-order valence-electron chi connectivity index (χ2n) is 8.73. The van der Waals surface area contributed by atoms with Gasteiger partial charge < -0.3 is 14.5 Å². The Kier molecular flexibility index (Phi) is 6.99. The molecule has 0 unspecified atom stereocenters. The van der Waals surface area contributed by atoms with Crippen molar-refractivity contribution >= 4 is 22.4 Å². The molecule has 0 radical (unpaired) electrons. The smallest absolute Gasteiger partial charge is 0.244 e. The van der Waals surface area contributed by atoms with Crippen molar-refractivity contribution in [2.75, 3.05) is 6.61 Å². The lowest BCUT2D eigenvalue weighted by atomic mass is 9.96. The molecular formula is C28H33NO3. The highest BCUT2D eigenvalue weighted by atomic mass is 16.5. The molecular weight excluding hydrogens is 398 g/mol. The van der Waals surface area contributed by atoms with Gasteiger partial charge in [-0.05, 0) is 50.8 Å². The Labute approximate surface area is 190 Å². The maximum atomic E-state index is 12.8. The van der Waals surface area contributed by atoms with Crippen LogP contribution in [0.4, 0.5) is 0 Å². The van der Waals surface area contributed by atoms with E-state index in [9.17, 15) is 4.79 Å². The van der Waals surface area contributed by atoms with Crippen molar-refractivity contribution in [3.05, 3.63) is 59.9 Å². The number of hydrogen-bond acceptors (Lipinski definition) is 3. The van der Waals surface area contributed by atoms with Gasteiger partial charge in [-0.1, -0.05) is 56.0 Å². The Hall–Kier alpha value is -3.01. The topological polar surface area (TPSA) is 51.5 Å². The fraction of sp³-hybridized carbons (Fsp3) is 0.393. The van der Waals surface area contributed by atoms with E-state index in [0.717, 1.165) is 57.4 Å². The number of amides is 1. The van der Waals surface area contributed by atoms with Crippen LogP contribution in [0, 0.1) is 6.92 Å². The molecule has 1 heterocycles. The zero-order chi connectivity index (χ0) is 22.5. The number of aryl methyl sites for hydroxylation is 1. The summed E-state index contributed by atoms with van der Waals surface area (Å²) < 4.78 is 12.0. The van der Waals surface area contributed by atoms with E-state index in [2.05, 4.69) is 23.5 Å². The predicted octanol–water partition coefficient (Wildman–Crippen LogP) is 7.05. The molecule has 0 spiro atoms. The Balaban J connectivity index is 1.71. The molecule has 1 N–H and O–H groups in total. The highest BCUT2D eigenvalue weighted by molar-refractivity contribution is 6.01. The Morgan fingerprint density at radius 1 is 1.16 bits per heavy atom. The average Bonchev–Trinajstić information content (AvgIpc) is 3.06. The quantitative estimate of drug-likeness (QED) is 0.336. The van der Waals surface area contributed by atoms with Crippen LogP contribution in [0.3, 0.4) is 0 Å². The number of hydrogen-bond donors (Lipinski definition) is 1. The number of benzene rings is 2. The van der Waals surface area contributed by atoms with Gasteiger partial charge in [-0.25, -0.2) is 0 Å². The molecule has 1 aliphatic rings. The minimum Gasteiger partial charge on any atom is -0.493 e. The molecule has 4 heteroatoms. The monoisotopic (exact) mass is 431 g/mol. The van der Waals surface area contributed by atoms with Crippen LogP contribution < -0.4 is 10.1 Å². The minimum atomic E-state index is -0.0231. The van der Waals surface area contributed by atoms with Crippen LogP contribution in [0.2, 0.25) is 0 Å². The summed E-state index contributed by atoms with van der Waals surface area (Å²) in [6, 6.07) is 12.6. The van der Waals surface area contributed by atoms with Crippen molar-refractivity contribution < 1.29 is 13.9 Å². The number of furan rings is 1. The lowest BCUT2D eigenvalue weighted by Crippen LogP contribution is -2.33. The maximum absolute atomic E-state index is 12.8. The van der Waals surface area contributed by atoms with Crippen molar-refractivity contribution in [1.82, 2.24) is 5.32 Å². The molecule has 1 fully saturated rings. The van der Waals surface area contributed by atoms with E-state index in [1.807, 2.05) is 45.2 Å². The van der Waals surface area contributed by atoms with Gasteiger partial charge in [-0.2, -0.15) is 0 Å². The maximum Gasteiger partial charge on any atom is 0.244 e. The third-order valence-electron chi connectivity index (χ3n) is 6.39. The normalized spacial score (nSPS) is 15.5. The van der Waals surface area contributed by atoms with Crippen LogP contribution in [0.25, 0.3) is 27.7 Å². The van der Waals surface area contributed by atoms with Crippen LogP contribution in [-0.2, 0) is 4.79 Å². The van der Waals surface area contributed by atoms with Crippen molar-refractivity contribution in [3.8, 4) is 16.9 Å². The van der Waals surface area contributed by atoms with Crippen LogP contribution >= 0.6 is 0 Å². The molecule has 1 aliphatic carbocycles. The largest absolute Gasteiger partial charge is 0.493 e. The summed E-state index contributed by atoms with van der Waals surface area (Å²) in [5.74, 6) is 0.759. The van der Waals surface area contributed by atoms with E-state index in [4.69, 9.17) is 9.15 Å². The minimum absolute atomic E-state index is 0.0231. The number of carbonyl (C=O) groups excluding carboxylic acids is 1. The number of allylic oxidation sites excluding steroid dienone is 1. The number of nitrogens with one attached hydrogen (secondary N) is 1. The van der Waals surface area contributed by atoms with Crippen molar-refractivity contribution in [1.29, 1.82) is 0 Å². The molecule has 32 heavy (non-hydrogen) atoms. The molecule has 1 amide bonds. The summed E-state index contributed by atoms with van der Waals surface area (Å²) in [5.41, 5.74) is 5.76. The van der Waals surface area contributed by atoms with Gasteiger partial charge >= 0.3 is 0 Å². The summed E-state index contributed by atoms with van der Waals surface area (Å²) in [6.45, 7) is 6.53. The Bertz CT molecular complexity index is 1100. The number of rotatable bonds is 6. The van der Waals surface area contributed by atoms with Crippen molar-refractivity contribution in [2.24, 2.45) is 0 Å². The molecule has 0 aliphatic heterocycles. The molecule has 0 saturated heterocycles. The first-order chi connectivity index (χ1) is 15.6. The Morgan fingerprint density at radius 3 is 2.56 bits per heavy atom. The van der Waals surface area contributed by atoms with Gasteiger partial charge in [0.15, 0.2) is 0 Å². The molecule has 0 bridgehead atoms. The molecule has 4 rings (SSSR count). The van der Waals surface area contributed by atoms with E-state index in [0.29, 0.717) is 6.61 Å². The summed E-state index contributed by atoms with van der Waals surface area (Å²) >= 11 is 0. The predicted molar refractivity (Wildman–Crippen MR) is 131 cm³/mol. The van der Waals surface area contributed by atoms with Crippen LogP contribution in [-0.4, -0.2) is 18.6 Å². The second-order valence-corrected chi connectivity index (χ2v) is 8.73. The SMILES string of the molecule is CCOc1c(/C(C)=C/C(=O)NC2CCCCCC2)cc2c(-c3ccccc3)coc2c1C. The highest BCUT2D eigenvalue weighted by Crippen LogP contribution is 2.40. The average molecular weight is 432 g/mol. The van der Waals surface area contributed by atoms with Crippen LogP contribution in [0.15, 0.2) is 53.2 Å². The summed E-state index contributed by atoms with van der Waals surface area (Å²) in [5, 5.41) is 4.25. The van der Waals surface area contributed by atoms with Gasteiger partial charge in [0.25, 0.3) is 0 Å². The number of fused-ring (bicyclic) bond motifs is 1. The fourth-order valence-electron chi connectivity index (χ4n) is 4.72.